The average molecular weight is 331 g/mol. The van der Waals surface area contributed by atoms with Crippen molar-refractivity contribution < 1.29 is 18.1 Å². The highest BCUT2D eigenvalue weighted by Crippen LogP contribution is 2.19. The summed E-state index contributed by atoms with van der Waals surface area (Å²) in [7, 11) is 0. The number of rotatable bonds is 4. The van der Waals surface area contributed by atoms with E-state index in [4.69, 9.17) is 4.52 Å². The molecule has 0 radical (unpaired) electrons. The quantitative estimate of drug-likeness (QED) is 0.763. The highest BCUT2D eigenvalue weighted by atomic mass is 19.1. The summed E-state index contributed by atoms with van der Waals surface area (Å²) in [6.07, 6.45) is 1.15. The van der Waals surface area contributed by atoms with E-state index < -0.39 is 17.5 Å². The van der Waals surface area contributed by atoms with Gasteiger partial charge in [-0.15, -0.1) is 0 Å². The van der Waals surface area contributed by atoms with Crippen molar-refractivity contribution in [2.24, 2.45) is 0 Å². The molecular formula is C15H11F2N5O2. The molecule has 122 valence electrons. The van der Waals surface area contributed by atoms with Gasteiger partial charge in [0.15, 0.2) is 5.82 Å². The van der Waals surface area contributed by atoms with E-state index in [0.717, 1.165) is 18.5 Å². The Kier molecular flexibility index (Phi) is 4.15. The zero-order valence-electron chi connectivity index (χ0n) is 12.4. The average Bonchev–Trinajstić information content (AvgIpc) is 2.95. The number of hydrogen-bond acceptors (Lipinski definition) is 6. The Labute approximate surface area is 134 Å². The van der Waals surface area contributed by atoms with Crippen LogP contribution < -0.4 is 10.6 Å². The molecule has 0 unspecified atom stereocenters. The van der Waals surface area contributed by atoms with E-state index >= 15 is 0 Å². The molecule has 0 aliphatic rings. The van der Waals surface area contributed by atoms with Crippen molar-refractivity contribution in [3.63, 3.8) is 0 Å². The Hall–Kier alpha value is -3.36. The predicted octanol–water partition coefficient (Wildman–Crippen LogP) is 3.05. The lowest BCUT2D eigenvalue weighted by molar-refractivity contribution is 0.102. The Bertz CT molecular complexity index is 897. The Morgan fingerprint density at radius 1 is 1.12 bits per heavy atom. The molecule has 0 bridgehead atoms. The summed E-state index contributed by atoms with van der Waals surface area (Å²) in [6.45, 7) is 1.69. The topological polar surface area (TPSA) is 92.9 Å². The molecule has 1 aromatic carbocycles. The number of benzene rings is 1. The van der Waals surface area contributed by atoms with Crippen LogP contribution in [0.4, 0.5) is 26.1 Å². The number of hydrogen-bond donors (Lipinski definition) is 2. The molecule has 0 atom stereocenters. The fourth-order valence-electron chi connectivity index (χ4n) is 1.88. The van der Waals surface area contributed by atoms with Gasteiger partial charge in [-0.05, 0) is 19.1 Å². The van der Waals surface area contributed by atoms with Crippen LogP contribution in [0.3, 0.4) is 0 Å². The number of anilines is 3. The largest absolute Gasteiger partial charge is 0.360 e. The number of nitrogens with one attached hydrogen (secondary N) is 2. The maximum Gasteiger partial charge on any atom is 0.275 e. The molecule has 7 nitrogen and oxygen atoms in total. The van der Waals surface area contributed by atoms with Gasteiger partial charge in [0.05, 0.1) is 5.69 Å². The summed E-state index contributed by atoms with van der Waals surface area (Å²) in [4.78, 5) is 19.8. The Balaban J connectivity index is 1.77. The van der Waals surface area contributed by atoms with Crippen LogP contribution in [0.15, 0.2) is 41.2 Å². The second-order valence-electron chi connectivity index (χ2n) is 4.81. The molecule has 2 heterocycles. The van der Waals surface area contributed by atoms with Crippen LogP contribution in [0.1, 0.15) is 16.2 Å². The summed E-state index contributed by atoms with van der Waals surface area (Å²) in [5.74, 6) is -1.04. The standard InChI is InChI=1S/C15H11F2N5O2/c1-8-4-14(22-24-8)21-15(23)12-6-13(19-7-18-12)20-11-3-2-9(16)5-10(11)17/h2-7H,1H3,(H,18,19,20)(H,21,22,23). The van der Waals surface area contributed by atoms with Crippen molar-refractivity contribution >= 4 is 23.2 Å². The summed E-state index contributed by atoms with van der Waals surface area (Å²) >= 11 is 0. The third-order valence-electron chi connectivity index (χ3n) is 2.96. The first kappa shape index (κ1) is 15.5. The van der Waals surface area contributed by atoms with Crippen molar-refractivity contribution in [1.29, 1.82) is 0 Å². The van der Waals surface area contributed by atoms with Gasteiger partial charge < -0.3 is 15.2 Å². The van der Waals surface area contributed by atoms with Gasteiger partial charge in [-0.3, -0.25) is 4.79 Å². The van der Waals surface area contributed by atoms with Crippen LogP contribution in [0.5, 0.6) is 0 Å². The van der Waals surface area contributed by atoms with Gasteiger partial charge in [0.1, 0.15) is 35.2 Å². The number of carbonyl (C=O) groups excluding carboxylic acids is 1. The lowest BCUT2D eigenvalue weighted by Crippen LogP contribution is -2.14. The van der Waals surface area contributed by atoms with Crippen LogP contribution in [0.25, 0.3) is 0 Å². The molecule has 9 heteroatoms. The molecule has 3 rings (SSSR count). The van der Waals surface area contributed by atoms with Crippen LogP contribution in [-0.4, -0.2) is 21.0 Å². The van der Waals surface area contributed by atoms with Crippen molar-refractivity contribution in [3.8, 4) is 0 Å². The van der Waals surface area contributed by atoms with Crippen LogP contribution in [-0.2, 0) is 0 Å². The number of carbonyl (C=O) groups is 1. The normalized spacial score (nSPS) is 10.5. The van der Waals surface area contributed by atoms with Crippen LogP contribution in [0, 0.1) is 18.6 Å². The number of aryl methyl sites for hydroxylation is 1. The highest BCUT2D eigenvalue weighted by Gasteiger charge is 2.12. The van der Waals surface area contributed by atoms with Crippen LogP contribution >= 0.6 is 0 Å². The molecule has 0 spiro atoms. The molecule has 3 aromatic rings. The fourth-order valence-corrected chi connectivity index (χ4v) is 1.88. The van der Waals surface area contributed by atoms with Gasteiger partial charge in [0.25, 0.3) is 5.91 Å². The zero-order chi connectivity index (χ0) is 17.1. The predicted molar refractivity (Wildman–Crippen MR) is 80.9 cm³/mol. The molecule has 1 amide bonds. The number of aromatic nitrogens is 3. The third kappa shape index (κ3) is 3.51. The van der Waals surface area contributed by atoms with E-state index in [1.165, 1.54) is 12.1 Å². The summed E-state index contributed by atoms with van der Waals surface area (Å²) in [5.41, 5.74) is 0.0595. The van der Waals surface area contributed by atoms with Crippen molar-refractivity contribution in [2.75, 3.05) is 10.6 Å². The summed E-state index contributed by atoms with van der Waals surface area (Å²) in [6, 6.07) is 5.94. The minimum atomic E-state index is -0.780. The van der Waals surface area contributed by atoms with E-state index in [1.807, 2.05) is 0 Å². The third-order valence-corrected chi connectivity index (χ3v) is 2.96. The van der Waals surface area contributed by atoms with Gasteiger partial charge in [-0.25, -0.2) is 18.7 Å². The molecule has 0 saturated heterocycles. The lowest BCUT2D eigenvalue weighted by atomic mass is 10.3. The number of halogens is 2. The Morgan fingerprint density at radius 3 is 2.67 bits per heavy atom. The van der Waals surface area contributed by atoms with Gasteiger partial charge in [-0.2, -0.15) is 0 Å². The molecule has 0 fully saturated rings. The minimum Gasteiger partial charge on any atom is -0.360 e. The van der Waals surface area contributed by atoms with E-state index in [2.05, 4.69) is 25.8 Å². The molecule has 2 N–H and O–H groups in total. The van der Waals surface area contributed by atoms with Crippen molar-refractivity contribution in [1.82, 2.24) is 15.1 Å². The first-order chi connectivity index (χ1) is 11.5. The maximum absolute atomic E-state index is 13.6. The second-order valence-corrected chi connectivity index (χ2v) is 4.81. The number of amides is 1. The van der Waals surface area contributed by atoms with Gasteiger partial charge in [-0.1, -0.05) is 5.16 Å². The monoisotopic (exact) mass is 331 g/mol. The summed E-state index contributed by atoms with van der Waals surface area (Å²) in [5, 5.41) is 8.80. The summed E-state index contributed by atoms with van der Waals surface area (Å²) < 4.78 is 31.4. The minimum absolute atomic E-state index is 0.0218. The zero-order valence-corrected chi connectivity index (χ0v) is 12.4. The molecule has 0 saturated carbocycles. The Morgan fingerprint density at radius 2 is 1.96 bits per heavy atom. The molecule has 24 heavy (non-hydrogen) atoms. The number of nitrogens with zero attached hydrogens (tertiary/aromatic N) is 3. The van der Waals surface area contributed by atoms with Gasteiger partial charge in [0.2, 0.25) is 0 Å². The maximum atomic E-state index is 13.6. The molecular weight excluding hydrogens is 320 g/mol. The molecule has 0 aliphatic carbocycles. The van der Waals surface area contributed by atoms with Crippen LogP contribution in [0.2, 0.25) is 0 Å². The lowest BCUT2D eigenvalue weighted by Gasteiger charge is -2.07. The van der Waals surface area contributed by atoms with Gasteiger partial charge >= 0.3 is 0 Å². The van der Waals surface area contributed by atoms with Crippen molar-refractivity contribution in [3.05, 3.63) is 59.7 Å². The van der Waals surface area contributed by atoms with Crippen molar-refractivity contribution in [2.45, 2.75) is 6.92 Å². The SMILES string of the molecule is Cc1cc(NC(=O)c2cc(Nc3ccc(F)cc3F)ncn2)no1. The van der Waals surface area contributed by atoms with E-state index in [1.54, 1.807) is 13.0 Å². The first-order valence-corrected chi connectivity index (χ1v) is 6.80. The van der Waals surface area contributed by atoms with Gasteiger partial charge in [0, 0.05) is 18.2 Å². The highest BCUT2D eigenvalue weighted by molar-refractivity contribution is 6.02. The first-order valence-electron chi connectivity index (χ1n) is 6.80. The second kappa shape index (κ2) is 6.41. The smallest absolute Gasteiger partial charge is 0.275 e. The van der Waals surface area contributed by atoms with E-state index in [-0.39, 0.29) is 23.0 Å². The molecule has 2 aromatic heterocycles. The van der Waals surface area contributed by atoms with E-state index in [0.29, 0.717) is 5.76 Å². The fraction of sp³-hybridized carbons (Fsp3) is 0.0667. The van der Waals surface area contributed by atoms with E-state index in [9.17, 15) is 13.6 Å². The molecule has 0 aliphatic heterocycles.